The number of nitro benzene ring substituents is 1. The van der Waals surface area contributed by atoms with Crippen molar-refractivity contribution in [2.24, 2.45) is 0 Å². The minimum absolute atomic E-state index is 0.107. The summed E-state index contributed by atoms with van der Waals surface area (Å²) in [4.78, 5) is 12.5. The Labute approximate surface area is 140 Å². The van der Waals surface area contributed by atoms with Crippen LogP contribution in [0.4, 0.5) is 15.8 Å². The molecule has 0 aliphatic heterocycles. The lowest BCUT2D eigenvalue weighted by atomic mass is 10.0. The van der Waals surface area contributed by atoms with Gasteiger partial charge < -0.3 is 15.0 Å². The first-order chi connectivity index (χ1) is 11.4. The molecule has 0 saturated heterocycles. The number of likely N-dealkylation sites (N-methyl/N-ethyl adjacent to an activating group) is 1. The van der Waals surface area contributed by atoms with Crippen molar-refractivity contribution in [2.75, 3.05) is 33.1 Å². The molecule has 0 aliphatic carbocycles. The van der Waals surface area contributed by atoms with E-state index in [-0.39, 0.29) is 17.4 Å². The van der Waals surface area contributed by atoms with Gasteiger partial charge in [-0.15, -0.1) is 0 Å². The second-order valence-corrected chi connectivity index (χ2v) is 5.52. The highest BCUT2D eigenvalue weighted by Gasteiger charge is 2.20. The van der Waals surface area contributed by atoms with E-state index >= 15 is 0 Å². The Kier molecular flexibility index (Phi) is 5.70. The third-order valence-electron chi connectivity index (χ3n) is 3.76. The molecule has 0 amide bonds. The highest BCUT2D eigenvalue weighted by molar-refractivity contribution is 5.61. The summed E-state index contributed by atoms with van der Waals surface area (Å²) < 4.78 is 18.8. The van der Waals surface area contributed by atoms with Gasteiger partial charge in [0.1, 0.15) is 17.3 Å². The molecule has 0 aliphatic rings. The van der Waals surface area contributed by atoms with Gasteiger partial charge in [0.15, 0.2) is 0 Å². The highest BCUT2D eigenvalue weighted by atomic mass is 19.1. The number of ether oxygens (including phenoxy) is 1. The summed E-state index contributed by atoms with van der Waals surface area (Å²) in [7, 11) is 5.40. The van der Waals surface area contributed by atoms with Crippen LogP contribution in [0.2, 0.25) is 0 Å². The monoisotopic (exact) mass is 333 g/mol. The van der Waals surface area contributed by atoms with Gasteiger partial charge in [-0.2, -0.15) is 0 Å². The minimum Gasteiger partial charge on any atom is -0.496 e. The Bertz CT molecular complexity index is 722. The van der Waals surface area contributed by atoms with Gasteiger partial charge in [-0.1, -0.05) is 18.2 Å². The molecule has 0 aromatic heterocycles. The van der Waals surface area contributed by atoms with Gasteiger partial charge in [0.25, 0.3) is 5.69 Å². The zero-order chi connectivity index (χ0) is 17.7. The fourth-order valence-corrected chi connectivity index (χ4v) is 2.53. The molecule has 24 heavy (non-hydrogen) atoms. The molecule has 0 heterocycles. The molecule has 0 saturated carbocycles. The molecule has 2 aromatic rings. The first kappa shape index (κ1) is 17.7. The maximum Gasteiger partial charge on any atom is 0.292 e. The van der Waals surface area contributed by atoms with E-state index in [4.69, 9.17) is 4.74 Å². The topological polar surface area (TPSA) is 67.6 Å². The first-order valence-corrected chi connectivity index (χ1v) is 7.41. The molecule has 1 atom stereocenters. The average Bonchev–Trinajstić information content (AvgIpc) is 2.55. The van der Waals surface area contributed by atoms with Crippen molar-refractivity contribution >= 4 is 11.4 Å². The van der Waals surface area contributed by atoms with Gasteiger partial charge in [-0.05, 0) is 26.2 Å². The van der Waals surface area contributed by atoms with E-state index in [2.05, 4.69) is 5.32 Å². The van der Waals surface area contributed by atoms with E-state index in [1.165, 1.54) is 0 Å². The van der Waals surface area contributed by atoms with Crippen LogP contribution in [0.3, 0.4) is 0 Å². The lowest BCUT2D eigenvalue weighted by Gasteiger charge is -2.27. The second kappa shape index (κ2) is 7.74. The summed E-state index contributed by atoms with van der Waals surface area (Å²) in [5.41, 5.74) is 0.937. The first-order valence-electron chi connectivity index (χ1n) is 7.41. The third kappa shape index (κ3) is 3.99. The van der Waals surface area contributed by atoms with Crippen molar-refractivity contribution in [1.82, 2.24) is 4.90 Å². The maximum absolute atomic E-state index is 13.4. The van der Waals surface area contributed by atoms with Crippen LogP contribution in [-0.4, -0.2) is 37.6 Å². The minimum atomic E-state index is -0.532. The Morgan fingerprint density at radius 1 is 1.29 bits per heavy atom. The number of hydrogen-bond acceptors (Lipinski definition) is 5. The lowest BCUT2D eigenvalue weighted by molar-refractivity contribution is -0.384. The van der Waals surface area contributed by atoms with Crippen LogP contribution >= 0.6 is 0 Å². The standard InChI is InChI=1S/C17H20FN3O3/c1-20(2)16(13-6-4-5-7-17(13)24-3)11-19-14-10-12(18)8-9-15(14)21(22)23/h4-10,16,19H,11H2,1-3H3. The smallest absolute Gasteiger partial charge is 0.292 e. The van der Waals surface area contributed by atoms with E-state index in [0.29, 0.717) is 6.54 Å². The number of hydrogen-bond donors (Lipinski definition) is 1. The summed E-state index contributed by atoms with van der Waals surface area (Å²) >= 11 is 0. The summed E-state index contributed by atoms with van der Waals surface area (Å²) in [5.74, 6) is 0.202. The van der Waals surface area contributed by atoms with Crippen LogP contribution in [-0.2, 0) is 0 Å². The normalized spacial score (nSPS) is 12.0. The van der Waals surface area contributed by atoms with Crippen LogP contribution in [0.1, 0.15) is 11.6 Å². The highest BCUT2D eigenvalue weighted by Crippen LogP contribution is 2.30. The van der Waals surface area contributed by atoms with Crippen molar-refractivity contribution in [3.05, 3.63) is 64.0 Å². The predicted molar refractivity (Wildman–Crippen MR) is 91.0 cm³/mol. The average molecular weight is 333 g/mol. The molecular weight excluding hydrogens is 313 g/mol. The van der Waals surface area contributed by atoms with Gasteiger partial charge in [-0.3, -0.25) is 10.1 Å². The molecule has 128 valence electrons. The number of para-hydroxylation sites is 1. The fourth-order valence-electron chi connectivity index (χ4n) is 2.53. The summed E-state index contributed by atoms with van der Waals surface area (Å²) in [6, 6.07) is 10.8. The van der Waals surface area contributed by atoms with Gasteiger partial charge in [0, 0.05) is 24.2 Å². The molecule has 1 unspecified atom stereocenters. The zero-order valence-electron chi connectivity index (χ0n) is 13.8. The Hall–Kier alpha value is -2.67. The number of nitrogens with one attached hydrogen (secondary N) is 1. The third-order valence-corrected chi connectivity index (χ3v) is 3.76. The van der Waals surface area contributed by atoms with Gasteiger partial charge >= 0.3 is 0 Å². The predicted octanol–water partition coefficient (Wildman–Crippen LogP) is 3.46. The number of nitro groups is 1. The molecular formula is C17H20FN3O3. The lowest BCUT2D eigenvalue weighted by Crippen LogP contribution is -2.27. The van der Waals surface area contributed by atoms with Crippen LogP contribution < -0.4 is 10.1 Å². The van der Waals surface area contributed by atoms with Crippen LogP contribution in [0.15, 0.2) is 42.5 Å². The van der Waals surface area contributed by atoms with E-state index in [1.54, 1.807) is 7.11 Å². The van der Waals surface area contributed by atoms with Crippen molar-refractivity contribution < 1.29 is 14.1 Å². The second-order valence-electron chi connectivity index (χ2n) is 5.52. The van der Waals surface area contributed by atoms with Crippen molar-refractivity contribution in [3.63, 3.8) is 0 Å². The molecule has 0 fully saturated rings. The SMILES string of the molecule is COc1ccccc1C(CNc1cc(F)ccc1[N+](=O)[O-])N(C)C. The molecule has 0 spiro atoms. The van der Waals surface area contributed by atoms with Crippen LogP contribution in [0.5, 0.6) is 5.75 Å². The molecule has 6 nitrogen and oxygen atoms in total. The molecule has 0 radical (unpaired) electrons. The van der Waals surface area contributed by atoms with Crippen LogP contribution in [0.25, 0.3) is 0 Å². The zero-order valence-corrected chi connectivity index (χ0v) is 13.8. The van der Waals surface area contributed by atoms with Gasteiger partial charge in [0.2, 0.25) is 0 Å². The van der Waals surface area contributed by atoms with Crippen molar-refractivity contribution in [2.45, 2.75) is 6.04 Å². The van der Waals surface area contributed by atoms with E-state index in [0.717, 1.165) is 29.5 Å². The number of benzene rings is 2. The Balaban J connectivity index is 2.27. The number of anilines is 1. The molecule has 2 rings (SSSR count). The summed E-state index contributed by atoms with van der Waals surface area (Å²) in [5, 5.41) is 14.1. The maximum atomic E-state index is 13.4. The quantitative estimate of drug-likeness (QED) is 0.621. The Morgan fingerprint density at radius 3 is 2.62 bits per heavy atom. The molecule has 7 heteroatoms. The number of nitrogens with zero attached hydrogens (tertiary/aromatic N) is 2. The molecule has 1 N–H and O–H groups in total. The van der Waals surface area contributed by atoms with Crippen LogP contribution in [0, 0.1) is 15.9 Å². The number of rotatable bonds is 7. The van der Waals surface area contributed by atoms with E-state index in [1.807, 2.05) is 43.3 Å². The fraction of sp³-hybridized carbons (Fsp3) is 0.294. The number of methoxy groups -OCH3 is 1. The summed E-state index contributed by atoms with van der Waals surface area (Å²) in [6.07, 6.45) is 0. The van der Waals surface area contributed by atoms with Crippen molar-refractivity contribution in [1.29, 1.82) is 0 Å². The van der Waals surface area contributed by atoms with Crippen molar-refractivity contribution in [3.8, 4) is 5.75 Å². The van der Waals surface area contributed by atoms with E-state index < -0.39 is 10.7 Å². The van der Waals surface area contributed by atoms with Gasteiger partial charge in [0.05, 0.1) is 18.1 Å². The largest absolute Gasteiger partial charge is 0.496 e. The Morgan fingerprint density at radius 2 is 2.00 bits per heavy atom. The van der Waals surface area contributed by atoms with Gasteiger partial charge in [-0.25, -0.2) is 4.39 Å². The molecule has 0 bridgehead atoms. The molecule has 2 aromatic carbocycles. The van der Waals surface area contributed by atoms with E-state index in [9.17, 15) is 14.5 Å². The number of halogens is 1. The summed E-state index contributed by atoms with van der Waals surface area (Å²) in [6.45, 7) is 0.359.